The smallest absolute Gasteiger partial charge is 0.142 e. The van der Waals surface area contributed by atoms with Gasteiger partial charge in [-0.2, -0.15) is 0 Å². The van der Waals surface area contributed by atoms with Crippen LogP contribution < -0.4 is 5.73 Å². The fourth-order valence-electron chi connectivity index (χ4n) is 2.66. The molecule has 1 aromatic carbocycles. The summed E-state index contributed by atoms with van der Waals surface area (Å²) in [7, 11) is 0. The third kappa shape index (κ3) is 2.55. The first kappa shape index (κ1) is 11.9. The van der Waals surface area contributed by atoms with Gasteiger partial charge in [0.05, 0.1) is 5.02 Å². The molecule has 1 saturated carbocycles. The molecule has 3 heteroatoms. The second kappa shape index (κ2) is 5.15. The normalized spacial score (nSPS) is 24.9. The zero-order valence-corrected chi connectivity index (χ0v) is 10.0. The van der Waals surface area contributed by atoms with E-state index in [0.717, 1.165) is 18.5 Å². The van der Waals surface area contributed by atoms with E-state index in [2.05, 4.69) is 0 Å². The van der Waals surface area contributed by atoms with Gasteiger partial charge in [-0.05, 0) is 55.3 Å². The van der Waals surface area contributed by atoms with Gasteiger partial charge in [0.1, 0.15) is 5.82 Å². The van der Waals surface area contributed by atoms with E-state index in [-0.39, 0.29) is 10.8 Å². The zero-order chi connectivity index (χ0) is 11.5. The highest BCUT2D eigenvalue weighted by Gasteiger charge is 2.26. The molecule has 0 saturated heterocycles. The van der Waals surface area contributed by atoms with E-state index < -0.39 is 0 Å². The van der Waals surface area contributed by atoms with Crippen LogP contribution in [0.2, 0.25) is 5.02 Å². The first-order valence-corrected chi connectivity index (χ1v) is 6.22. The van der Waals surface area contributed by atoms with Crippen molar-refractivity contribution >= 4 is 11.6 Å². The molecule has 2 N–H and O–H groups in total. The molecular weight excluding hydrogens is 225 g/mol. The summed E-state index contributed by atoms with van der Waals surface area (Å²) in [5.41, 5.74) is 6.77. The maximum Gasteiger partial charge on any atom is 0.142 e. The van der Waals surface area contributed by atoms with Gasteiger partial charge < -0.3 is 5.73 Å². The van der Waals surface area contributed by atoms with E-state index in [0.29, 0.717) is 11.8 Å². The van der Waals surface area contributed by atoms with Crippen molar-refractivity contribution in [3.05, 3.63) is 34.6 Å². The van der Waals surface area contributed by atoms with Crippen molar-refractivity contribution in [2.24, 2.45) is 17.6 Å². The van der Waals surface area contributed by atoms with Crippen LogP contribution in [0, 0.1) is 17.7 Å². The molecule has 1 aromatic rings. The van der Waals surface area contributed by atoms with Crippen LogP contribution in [-0.2, 0) is 6.42 Å². The number of hydrogen-bond acceptors (Lipinski definition) is 1. The van der Waals surface area contributed by atoms with E-state index in [4.69, 9.17) is 17.3 Å². The van der Waals surface area contributed by atoms with E-state index in [1.807, 2.05) is 6.07 Å². The van der Waals surface area contributed by atoms with Crippen molar-refractivity contribution < 1.29 is 4.39 Å². The average Bonchev–Trinajstić information content (AvgIpc) is 2.71. The first-order valence-electron chi connectivity index (χ1n) is 5.84. The first-order chi connectivity index (χ1) is 7.70. The zero-order valence-electron chi connectivity index (χ0n) is 9.26. The topological polar surface area (TPSA) is 26.0 Å². The molecule has 1 aliphatic rings. The third-order valence-electron chi connectivity index (χ3n) is 3.60. The van der Waals surface area contributed by atoms with Crippen LogP contribution in [0.25, 0.3) is 0 Å². The minimum absolute atomic E-state index is 0.200. The Morgan fingerprint density at radius 2 is 2.06 bits per heavy atom. The number of hydrogen-bond donors (Lipinski definition) is 1. The molecule has 2 unspecified atom stereocenters. The van der Waals surface area contributed by atoms with Gasteiger partial charge in [-0.3, -0.25) is 0 Å². The van der Waals surface area contributed by atoms with Crippen molar-refractivity contribution in [1.82, 2.24) is 0 Å². The summed E-state index contributed by atoms with van der Waals surface area (Å²) in [6.45, 7) is 0.751. The highest BCUT2D eigenvalue weighted by atomic mass is 35.5. The summed E-state index contributed by atoms with van der Waals surface area (Å²) < 4.78 is 13.3. The van der Waals surface area contributed by atoms with Gasteiger partial charge in [0.25, 0.3) is 0 Å². The molecule has 0 radical (unpaired) electrons. The van der Waals surface area contributed by atoms with Crippen molar-refractivity contribution in [3.63, 3.8) is 0 Å². The summed E-state index contributed by atoms with van der Waals surface area (Å²) in [6.07, 6.45) is 4.61. The van der Waals surface area contributed by atoms with Crippen molar-refractivity contribution in [3.8, 4) is 0 Å². The lowest BCUT2D eigenvalue weighted by Crippen LogP contribution is -2.20. The average molecular weight is 242 g/mol. The molecule has 16 heavy (non-hydrogen) atoms. The summed E-state index contributed by atoms with van der Waals surface area (Å²) in [4.78, 5) is 0. The second-order valence-corrected chi connectivity index (χ2v) is 5.05. The Balaban J connectivity index is 2.05. The maximum absolute atomic E-state index is 13.3. The Kier molecular flexibility index (Phi) is 3.82. The molecule has 0 aromatic heterocycles. The summed E-state index contributed by atoms with van der Waals surface area (Å²) in [6, 6.07) is 5.10. The van der Waals surface area contributed by atoms with Crippen LogP contribution >= 0.6 is 11.6 Å². The van der Waals surface area contributed by atoms with Gasteiger partial charge in [-0.25, -0.2) is 4.39 Å². The van der Waals surface area contributed by atoms with Crippen LogP contribution in [0.5, 0.6) is 0 Å². The van der Waals surface area contributed by atoms with E-state index in [1.54, 1.807) is 12.1 Å². The molecule has 2 rings (SSSR count). The lowest BCUT2D eigenvalue weighted by Gasteiger charge is -2.17. The van der Waals surface area contributed by atoms with E-state index >= 15 is 0 Å². The third-order valence-corrected chi connectivity index (χ3v) is 3.91. The second-order valence-electron chi connectivity index (χ2n) is 4.64. The Morgan fingerprint density at radius 1 is 1.31 bits per heavy atom. The van der Waals surface area contributed by atoms with Gasteiger partial charge in [0.15, 0.2) is 0 Å². The summed E-state index contributed by atoms with van der Waals surface area (Å²) in [5, 5.41) is 0.200. The fourth-order valence-corrected chi connectivity index (χ4v) is 2.78. The molecule has 0 spiro atoms. The fraction of sp³-hybridized carbons (Fsp3) is 0.538. The Bertz CT molecular complexity index is 367. The van der Waals surface area contributed by atoms with Gasteiger partial charge in [0, 0.05) is 0 Å². The predicted octanol–water partition coefficient (Wildman–Crippen LogP) is 3.40. The minimum atomic E-state index is -0.318. The largest absolute Gasteiger partial charge is 0.330 e. The molecule has 0 amide bonds. The lowest BCUT2D eigenvalue weighted by atomic mass is 9.90. The molecule has 0 bridgehead atoms. The van der Waals surface area contributed by atoms with Crippen molar-refractivity contribution in [2.75, 3.05) is 6.54 Å². The molecular formula is C13H17ClFN. The van der Waals surface area contributed by atoms with Crippen LogP contribution in [0.3, 0.4) is 0 Å². The predicted molar refractivity (Wildman–Crippen MR) is 65.0 cm³/mol. The van der Waals surface area contributed by atoms with Gasteiger partial charge in [0.2, 0.25) is 0 Å². The highest BCUT2D eigenvalue weighted by Crippen LogP contribution is 2.33. The molecule has 0 aliphatic heterocycles. The summed E-state index contributed by atoms with van der Waals surface area (Å²) in [5.74, 6) is 0.908. The standard InChI is InChI=1S/C13H17ClFN/c14-12-5-4-9(7-13(12)15)6-10-2-1-3-11(10)8-16/h4-5,7,10-11H,1-3,6,8,16H2. The molecule has 1 fully saturated rings. The van der Waals surface area contributed by atoms with Crippen molar-refractivity contribution in [2.45, 2.75) is 25.7 Å². The molecule has 1 nitrogen and oxygen atoms in total. The van der Waals surface area contributed by atoms with Gasteiger partial charge >= 0.3 is 0 Å². The number of halogens is 2. The Labute approximate surface area is 101 Å². The molecule has 88 valence electrons. The molecule has 0 heterocycles. The van der Waals surface area contributed by atoms with Crippen LogP contribution in [0.4, 0.5) is 4.39 Å². The van der Waals surface area contributed by atoms with Crippen LogP contribution in [0.15, 0.2) is 18.2 Å². The van der Waals surface area contributed by atoms with Gasteiger partial charge in [-0.1, -0.05) is 24.1 Å². The monoisotopic (exact) mass is 241 g/mol. The van der Waals surface area contributed by atoms with Crippen molar-refractivity contribution in [1.29, 1.82) is 0 Å². The van der Waals surface area contributed by atoms with Crippen LogP contribution in [0.1, 0.15) is 24.8 Å². The quantitative estimate of drug-likeness (QED) is 0.863. The molecule has 1 aliphatic carbocycles. The number of benzene rings is 1. The number of nitrogens with two attached hydrogens (primary N) is 1. The van der Waals surface area contributed by atoms with Crippen LogP contribution in [-0.4, -0.2) is 6.54 Å². The number of rotatable bonds is 3. The Hall–Kier alpha value is -0.600. The van der Waals surface area contributed by atoms with E-state index in [1.165, 1.54) is 19.3 Å². The SMILES string of the molecule is NCC1CCCC1Cc1ccc(Cl)c(F)c1. The van der Waals surface area contributed by atoms with E-state index in [9.17, 15) is 4.39 Å². The highest BCUT2D eigenvalue weighted by molar-refractivity contribution is 6.30. The summed E-state index contributed by atoms with van der Waals surface area (Å²) >= 11 is 5.66. The minimum Gasteiger partial charge on any atom is -0.330 e. The molecule has 2 atom stereocenters. The lowest BCUT2D eigenvalue weighted by molar-refractivity contribution is 0.394. The maximum atomic E-state index is 13.3. The Morgan fingerprint density at radius 3 is 2.75 bits per heavy atom. The van der Waals surface area contributed by atoms with Gasteiger partial charge in [-0.15, -0.1) is 0 Å².